The van der Waals surface area contributed by atoms with Gasteiger partial charge in [-0.15, -0.1) is 0 Å². The van der Waals surface area contributed by atoms with E-state index in [1.54, 1.807) is 0 Å². The summed E-state index contributed by atoms with van der Waals surface area (Å²) in [5.41, 5.74) is 2.56. The van der Waals surface area contributed by atoms with Crippen LogP contribution in [0.5, 0.6) is 0 Å². The van der Waals surface area contributed by atoms with Gasteiger partial charge in [0.1, 0.15) is 5.82 Å². The highest BCUT2D eigenvalue weighted by atomic mass is 32.1. The number of aromatic nitrogens is 2. The van der Waals surface area contributed by atoms with Crippen LogP contribution in [0.4, 0.5) is 0 Å². The molecule has 3 rings (SSSR count). The fourth-order valence-corrected chi connectivity index (χ4v) is 3.32. The topological polar surface area (TPSA) is 27.1 Å². The molecule has 4 heteroatoms. The van der Waals surface area contributed by atoms with Gasteiger partial charge in [0.25, 0.3) is 0 Å². The predicted molar refractivity (Wildman–Crippen MR) is 80.8 cm³/mol. The Balaban J connectivity index is 1.97. The SMILES string of the molecule is Cc1nc2ccccc2n1CC1(CS)CCOCC1. The smallest absolute Gasteiger partial charge is 0.106 e. The van der Waals surface area contributed by atoms with Crippen molar-refractivity contribution in [1.82, 2.24) is 9.55 Å². The molecule has 0 spiro atoms. The molecule has 1 aromatic carbocycles. The van der Waals surface area contributed by atoms with Gasteiger partial charge in [-0.3, -0.25) is 0 Å². The van der Waals surface area contributed by atoms with Gasteiger partial charge in [-0.25, -0.2) is 4.98 Å². The number of para-hydroxylation sites is 2. The van der Waals surface area contributed by atoms with Gasteiger partial charge in [0.2, 0.25) is 0 Å². The van der Waals surface area contributed by atoms with Crippen LogP contribution in [-0.4, -0.2) is 28.5 Å². The summed E-state index contributed by atoms with van der Waals surface area (Å²) >= 11 is 4.60. The number of nitrogens with zero attached hydrogens (tertiary/aromatic N) is 2. The van der Waals surface area contributed by atoms with Crippen molar-refractivity contribution in [2.24, 2.45) is 5.41 Å². The van der Waals surface area contributed by atoms with Crippen LogP contribution in [0.25, 0.3) is 11.0 Å². The molecule has 0 bridgehead atoms. The van der Waals surface area contributed by atoms with Crippen LogP contribution >= 0.6 is 12.6 Å². The Hall–Kier alpha value is -1.00. The summed E-state index contributed by atoms with van der Waals surface area (Å²) < 4.78 is 7.85. The summed E-state index contributed by atoms with van der Waals surface area (Å²) in [5, 5.41) is 0. The third-order valence-corrected chi connectivity index (χ3v) is 4.90. The molecule has 0 amide bonds. The molecule has 0 radical (unpaired) electrons. The van der Waals surface area contributed by atoms with Crippen LogP contribution in [0.2, 0.25) is 0 Å². The number of fused-ring (bicyclic) bond motifs is 1. The van der Waals surface area contributed by atoms with Crippen LogP contribution in [0.1, 0.15) is 18.7 Å². The quantitative estimate of drug-likeness (QED) is 0.872. The molecule has 0 aliphatic carbocycles. The first-order chi connectivity index (χ1) is 9.24. The van der Waals surface area contributed by atoms with E-state index in [1.165, 1.54) is 5.52 Å². The molecule has 1 saturated heterocycles. The van der Waals surface area contributed by atoms with E-state index in [0.29, 0.717) is 0 Å². The normalized spacial score (nSPS) is 18.8. The predicted octanol–water partition coefficient (Wildman–Crippen LogP) is 3.07. The lowest BCUT2D eigenvalue weighted by Gasteiger charge is -2.36. The first-order valence-electron chi connectivity index (χ1n) is 6.85. The molecular formula is C15H20N2OS. The summed E-state index contributed by atoms with van der Waals surface area (Å²) in [4.78, 5) is 4.65. The Morgan fingerprint density at radius 2 is 2.05 bits per heavy atom. The molecule has 1 fully saturated rings. The molecule has 1 aliphatic heterocycles. The summed E-state index contributed by atoms with van der Waals surface area (Å²) in [6, 6.07) is 8.36. The number of rotatable bonds is 3. The highest BCUT2D eigenvalue weighted by Gasteiger charge is 2.32. The monoisotopic (exact) mass is 276 g/mol. The van der Waals surface area contributed by atoms with Gasteiger partial charge in [0, 0.05) is 25.2 Å². The van der Waals surface area contributed by atoms with Crippen molar-refractivity contribution in [2.45, 2.75) is 26.3 Å². The first-order valence-corrected chi connectivity index (χ1v) is 7.48. The third-order valence-electron chi connectivity index (χ3n) is 4.23. The second kappa shape index (κ2) is 5.17. The van der Waals surface area contributed by atoms with Crippen LogP contribution in [0.3, 0.4) is 0 Å². The van der Waals surface area contributed by atoms with Gasteiger partial charge in [-0.05, 0) is 37.7 Å². The number of imidazole rings is 1. The van der Waals surface area contributed by atoms with E-state index in [-0.39, 0.29) is 5.41 Å². The maximum absolute atomic E-state index is 5.50. The van der Waals surface area contributed by atoms with Crippen molar-refractivity contribution in [3.63, 3.8) is 0 Å². The number of hydrogen-bond donors (Lipinski definition) is 1. The van der Waals surface area contributed by atoms with E-state index in [1.807, 2.05) is 6.07 Å². The van der Waals surface area contributed by atoms with Crippen LogP contribution in [-0.2, 0) is 11.3 Å². The fraction of sp³-hybridized carbons (Fsp3) is 0.533. The number of thiol groups is 1. The molecule has 0 N–H and O–H groups in total. The third kappa shape index (κ3) is 2.39. The van der Waals surface area contributed by atoms with E-state index >= 15 is 0 Å². The van der Waals surface area contributed by atoms with Gasteiger partial charge in [-0.2, -0.15) is 12.6 Å². The minimum absolute atomic E-state index is 0.246. The molecular weight excluding hydrogens is 256 g/mol. The van der Waals surface area contributed by atoms with Gasteiger partial charge < -0.3 is 9.30 Å². The lowest BCUT2D eigenvalue weighted by molar-refractivity contribution is 0.0184. The summed E-state index contributed by atoms with van der Waals surface area (Å²) in [6.45, 7) is 4.79. The second-order valence-electron chi connectivity index (χ2n) is 5.50. The van der Waals surface area contributed by atoms with Crippen molar-refractivity contribution in [1.29, 1.82) is 0 Å². The molecule has 0 atom stereocenters. The fourth-order valence-electron chi connectivity index (χ4n) is 2.90. The van der Waals surface area contributed by atoms with Crippen molar-refractivity contribution in [3.05, 3.63) is 30.1 Å². The molecule has 1 aliphatic rings. The minimum atomic E-state index is 0.246. The number of ether oxygens (including phenoxy) is 1. The van der Waals surface area contributed by atoms with E-state index in [0.717, 1.165) is 49.7 Å². The largest absolute Gasteiger partial charge is 0.381 e. The number of hydrogen-bond acceptors (Lipinski definition) is 3. The molecule has 19 heavy (non-hydrogen) atoms. The zero-order valence-electron chi connectivity index (χ0n) is 11.3. The lowest BCUT2D eigenvalue weighted by Crippen LogP contribution is -2.35. The maximum atomic E-state index is 5.50. The highest BCUT2D eigenvalue weighted by molar-refractivity contribution is 7.80. The molecule has 2 heterocycles. The highest BCUT2D eigenvalue weighted by Crippen LogP contribution is 2.35. The first kappa shape index (κ1) is 13.0. The minimum Gasteiger partial charge on any atom is -0.381 e. The Labute approximate surface area is 119 Å². The Bertz CT molecular complexity index is 573. The average Bonchev–Trinajstić information content (AvgIpc) is 2.76. The molecule has 1 aromatic heterocycles. The van der Waals surface area contributed by atoms with Crippen LogP contribution in [0.15, 0.2) is 24.3 Å². The maximum Gasteiger partial charge on any atom is 0.106 e. The van der Waals surface area contributed by atoms with Crippen molar-refractivity contribution < 1.29 is 4.74 Å². The standard InChI is InChI=1S/C15H20N2OS/c1-12-16-13-4-2-3-5-14(13)17(12)10-15(11-19)6-8-18-9-7-15/h2-5,19H,6-11H2,1H3. The zero-order chi connectivity index (χ0) is 13.3. The molecule has 0 saturated carbocycles. The summed E-state index contributed by atoms with van der Waals surface area (Å²) in [6.07, 6.45) is 2.17. The zero-order valence-corrected chi connectivity index (χ0v) is 12.2. The molecule has 102 valence electrons. The molecule has 2 aromatic rings. The van der Waals surface area contributed by atoms with Crippen molar-refractivity contribution in [2.75, 3.05) is 19.0 Å². The van der Waals surface area contributed by atoms with E-state index in [9.17, 15) is 0 Å². The van der Waals surface area contributed by atoms with Crippen molar-refractivity contribution in [3.8, 4) is 0 Å². The average molecular weight is 276 g/mol. The van der Waals surface area contributed by atoms with Crippen LogP contribution < -0.4 is 0 Å². The number of benzene rings is 1. The Morgan fingerprint density at radius 1 is 1.32 bits per heavy atom. The van der Waals surface area contributed by atoms with Crippen molar-refractivity contribution >= 4 is 23.7 Å². The second-order valence-corrected chi connectivity index (χ2v) is 5.82. The van der Waals surface area contributed by atoms with Gasteiger partial charge >= 0.3 is 0 Å². The van der Waals surface area contributed by atoms with Gasteiger partial charge in [0.15, 0.2) is 0 Å². The Morgan fingerprint density at radius 3 is 2.79 bits per heavy atom. The lowest BCUT2D eigenvalue weighted by atomic mass is 9.82. The van der Waals surface area contributed by atoms with E-state index in [2.05, 4.69) is 47.3 Å². The molecule has 0 unspecified atom stereocenters. The summed E-state index contributed by atoms with van der Waals surface area (Å²) in [7, 11) is 0. The van der Waals surface area contributed by atoms with Gasteiger partial charge in [-0.1, -0.05) is 12.1 Å². The number of aryl methyl sites for hydroxylation is 1. The Kier molecular flexibility index (Phi) is 3.54. The summed E-state index contributed by atoms with van der Waals surface area (Å²) in [5.74, 6) is 2.00. The van der Waals surface area contributed by atoms with E-state index in [4.69, 9.17) is 4.74 Å². The van der Waals surface area contributed by atoms with E-state index < -0.39 is 0 Å². The van der Waals surface area contributed by atoms with Crippen LogP contribution in [0, 0.1) is 12.3 Å². The van der Waals surface area contributed by atoms with Gasteiger partial charge in [0.05, 0.1) is 11.0 Å². The molecule has 3 nitrogen and oxygen atoms in total.